The van der Waals surface area contributed by atoms with Crippen molar-refractivity contribution in [2.45, 2.75) is 36.0 Å². The number of carbonyl (C=O) groups excluding carboxylic acids is 1. The van der Waals surface area contributed by atoms with Crippen molar-refractivity contribution >= 4 is 37.3 Å². The molecule has 1 aliphatic heterocycles. The third-order valence-corrected chi connectivity index (χ3v) is 8.20. The van der Waals surface area contributed by atoms with Crippen LogP contribution in [0, 0.1) is 6.92 Å². The van der Waals surface area contributed by atoms with Gasteiger partial charge in [0.25, 0.3) is 10.0 Å². The summed E-state index contributed by atoms with van der Waals surface area (Å²) >= 11 is 0. The zero-order valence-corrected chi connectivity index (χ0v) is 18.8. The van der Waals surface area contributed by atoms with Crippen molar-refractivity contribution in [3.8, 4) is 0 Å². The second-order valence-corrected chi connectivity index (χ2v) is 11.2. The average molecular weight is 452 g/mol. The SMILES string of the molecule is Cc1cccc(NS(=O)(=O)c2ccc(S(=O)(=O)N(C)C)cc2)c1N1CCCCC1=O. The number of rotatable bonds is 6. The predicted octanol–water partition coefficient (Wildman–Crippen LogP) is 2.56. The van der Waals surface area contributed by atoms with Gasteiger partial charge in [-0.3, -0.25) is 9.52 Å². The number of anilines is 2. The van der Waals surface area contributed by atoms with Gasteiger partial charge in [-0.05, 0) is 55.7 Å². The number of piperidine rings is 1. The molecule has 0 spiro atoms. The molecule has 0 saturated carbocycles. The van der Waals surface area contributed by atoms with E-state index in [1.54, 1.807) is 17.0 Å². The van der Waals surface area contributed by atoms with Crippen molar-refractivity contribution < 1.29 is 21.6 Å². The van der Waals surface area contributed by atoms with Gasteiger partial charge < -0.3 is 4.90 Å². The van der Waals surface area contributed by atoms with Crippen LogP contribution in [0.2, 0.25) is 0 Å². The van der Waals surface area contributed by atoms with Gasteiger partial charge in [-0.15, -0.1) is 0 Å². The lowest BCUT2D eigenvalue weighted by molar-refractivity contribution is -0.119. The van der Waals surface area contributed by atoms with Gasteiger partial charge in [0.1, 0.15) is 0 Å². The standard InChI is InChI=1S/C20H25N3O5S2/c1-15-7-6-8-18(20(15)23-14-5-4-9-19(23)24)21-29(25,26)16-10-12-17(13-11-16)30(27,28)22(2)3/h6-8,10-13,21H,4-5,9,14H2,1-3H3. The first-order chi connectivity index (χ1) is 14.0. The Morgan fingerprint density at radius 2 is 1.57 bits per heavy atom. The van der Waals surface area contributed by atoms with E-state index >= 15 is 0 Å². The van der Waals surface area contributed by atoms with Crippen LogP contribution in [0.1, 0.15) is 24.8 Å². The Morgan fingerprint density at radius 1 is 0.933 bits per heavy atom. The highest BCUT2D eigenvalue weighted by molar-refractivity contribution is 7.92. The maximum Gasteiger partial charge on any atom is 0.261 e. The van der Waals surface area contributed by atoms with E-state index < -0.39 is 20.0 Å². The first kappa shape index (κ1) is 22.3. The molecule has 0 atom stereocenters. The third kappa shape index (κ3) is 4.35. The first-order valence-corrected chi connectivity index (χ1v) is 12.4. The molecule has 0 aliphatic carbocycles. The maximum absolute atomic E-state index is 12.9. The van der Waals surface area contributed by atoms with Crippen LogP contribution in [-0.2, 0) is 24.8 Å². The lowest BCUT2D eigenvalue weighted by Crippen LogP contribution is -2.36. The van der Waals surface area contributed by atoms with E-state index in [-0.39, 0.29) is 15.7 Å². The summed E-state index contributed by atoms with van der Waals surface area (Å²) in [7, 11) is -4.83. The maximum atomic E-state index is 12.9. The number of hydrogen-bond donors (Lipinski definition) is 1. The number of aryl methyl sites for hydroxylation is 1. The average Bonchev–Trinajstić information content (AvgIpc) is 2.69. The second kappa shape index (κ2) is 8.37. The number of carbonyl (C=O) groups is 1. The van der Waals surface area contributed by atoms with E-state index in [1.165, 1.54) is 38.4 Å². The molecule has 2 aromatic carbocycles. The largest absolute Gasteiger partial charge is 0.310 e. The summed E-state index contributed by atoms with van der Waals surface area (Å²) < 4.78 is 53.9. The van der Waals surface area contributed by atoms with Crippen molar-refractivity contribution in [3.63, 3.8) is 0 Å². The molecule has 162 valence electrons. The minimum absolute atomic E-state index is 0.00149. The van der Waals surface area contributed by atoms with Crippen LogP contribution >= 0.6 is 0 Å². The van der Waals surface area contributed by atoms with Crippen LogP contribution in [0.4, 0.5) is 11.4 Å². The van der Waals surface area contributed by atoms with Crippen molar-refractivity contribution in [2.24, 2.45) is 0 Å². The second-order valence-electron chi connectivity index (χ2n) is 7.34. The Hall–Kier alpha value is -2.43. The van der Waals surface area contributed by atoms with Crippen molar-refractivity contribution in [1.29, 1.82) is 0 Å². The molecule has 1 N–H and O–H groups in total. The minimum Gasteiger partial charge on any atom is -0.310 e. The molecule has 0 aromatic heterocycles. The van der Waals surface area contributed by atoms with Crippen molar-refractivity contribution in [2.75, 3.05) is 30.3 Å². The van der Waals surface area contributed by atoms with Crippen molar-refractivity contribution in [1.82, 2.24) is 4.31 Å². The molecule has 1 amide bonds. The fraction of sp³-hybridized carbons (Fsp3) is 0.350. The Balaban J connectivity index is 1.95. The number of para-hydroxylation sites is 1. The fourth-order valence-electron chi connectivity index (χ4n) is 3.35. The lowest BCUT2D eigenvalue weighted by atomic mass is 10.1. The van der Waals surface area contributed by atoms with E-state index in [4.69, 9.17) is 0 Å². The summed E-state index contributed by atoms with van der Waals surface area (Å²) in [6.45, 7) is 2.37. The van der Waals surface area contributed by atoms with Crippen LogP contribution in [0.25, 0.3) is 0 Å². The quantitative estimate of drug-likeness (QED) is 0.727. The number of nitrogens with one attached hydrogen (secondary N) is 1. The monoisotopic (exact) mass is 451 g/mol. The van der Waals surface area contributed by atoms with E-state index in [1.807, 2.05) is 13.0 Å². The molecule has 0 unspecified atom stereocenters. The number of hydrogen-bond acceptors (Lipinski definition) is 5. The molecule has 3 rings (SSSR count). The summed E-state index contributed by atoms with van der Waals surface area (Å²) in [6, 6.07) is 10.2. The number of sulfonamides is 2. The Labute approximate surface area is 177 Å². The van der Waals surface area contributed by atoms with Gasteiger partial charge >= 0.3 is 0 Å². The molecule has 2 aromatic rings. The Morgan fingerprint density at radius 3 is 2.17 bits per heavy atom. The van der Waals surface area contributed by atoms with Gasteiger partial charge in [0.2, 0.25) is 15.9 Å². The highest BCUT2D eigenvalue weighted by Gasteiger charge is 2.26. The summed E-state index contributed by atoms with van der Waals surface area (Å²) in [4.78, 5) is 14.0. The van der Waals surface area contributed by atoms with Crippen LogP contribution in [0.15, 0.2) is 52.3 Å². The molecule has 10 heteroatoms. The van der Waals surface area contributed by atoms with Gasteiger partial charge in [-0.25, -0.2) is 21.1 Å². The molecule has 8 nitrogen and oxygen atoms in total. The molecular weight excluding hydrogens is 426 g/mol. The molecular formula is C20H25N3O5S2. The van der Waals surface area contributed by atoms with E-state index in [9.17, 15) is 21.6 Å². The molecule has 1 aliphatic rings. The number of benzene rings is 2. The number of amides is 1. The van der Waals surface area contributed by atoms with Gasteiger partial charge in [-0.1, -0.05) is 12.1 Å². The van der Waals surface area contributed by atoms with E-state index in [0.29, 0.717) is 24.3 Å². The van der Waals surface area contributed by atoms with Crippen molar-refractivity contribution in [3.05, 3.63) is 48.0 Å². The summed E-state index contributed by atoms with van der Waals surface area (Å²) in [6.07, 6.45) is 2.11. The van der Waals surface area contributed by atoms with Gasteiger partial charge in [0.05, 0.1) is 21.2 Å². The highest BCUT2D eigenvalue weighted by atomic mass is 32.2. The molecule has 30 heavy (non-hydrogen) atoms. The summed E-state index contributed by atoms with van der Waals surface area (Å²) in [5.74, 6) is -0.0331. The van der Waals surface area contributed by atoms with E-state index in [0.717, 1.165) is 22.7 Å². The topological polar surface area (TPSA) is 104 Å². The van der Waals surface area contributed by atoms with Crippen LogP contribution < -0.4 is 9.62 Å². The van der Waals surface area contributed by atoms with Crippen LogP contribution in [-0.4, -0.2) is 47.7 Å². The fourth-order valence-corrected chi connectivity index (χ4v) is 5.32. The van der Waals surface area contributed by atoms with Gasteiger partial charge in [0.15, 0.2) is 0 Å². The zero-order chi connectivity index (χ0) is 22.1. The Kier molecular flexibility index (Phi) is 6.21. The summed E-state index contributed by atoms with van der Waals surface area (Å²) in [5.41, 5.74) is 1.66. The third-order valence-electron chi connectivity index (χ3n) is 4.99. The summed E-state index contributed by atoms with van der Waals surface area (Å²) in [5, 5.41) is 0. The Bertz CT molecular complexity index is 1160. The lowest BCUT2D eigenvalue weighted by Gasteiger charge is -2.30. The molecule has 1 saturated heterocycles. The van der Waals surface area contributed by atoms with Gasteiger partial charge in [-0.2, -0.15) is 0 Å². The highest BCUT2D eigenvalue weighted by Crippen LogP contribution is 2.34. The van der Waals surface area contributed by atoms with E-state index in [2.05, 4.69) is 4.72 Å². The molecule has 0 radical (unpaired) electrons. The molecule has 1 heterocycles. The predicted molar refractivity (Wildman–Crippen MR) is 116 cm³/mol. The molecule has 1 fully saturated rings. The van der Waals surface area contributed by atoms with Crippen LogP contribution in [0.3, 0.4) is 0 Å². The van der Waals surface area contributed by atoms with Gasteiger partial charge in [0, 0.05) is 27.1 Å². The smallest absolute Gasteiger partial charge is 0.261 e. The molecule has 0 bridgehead atoms. The minimum atomic E-state index is -3.99. The number of nitrogens with zero attached hydrogens (tertiary/aromatic N) is 2. The normalized spacial score (nSPS) is 15.5. The van der Waals surface area contributed by atoms with Crippen LogP contribution in [0.5, 0.6) is 0 Å². The zero-order valence-electron chi connectivity index (χ0n) is 17.1. The first-order valence-electron chi connectivity index (χ1n) is 9.49.